The highest BCUT2D eigenvalue weighted by Crippen LogP contribution is 2.36. The fraction of sp³-hybridized carbons (Fsp3) is 0.214. The number of rotatable bonds is 5. The number of carbonyl (C=O) groups is 1. The molecule has 0 unspecified atom stereocenters. The molecule has 1 heterocycles. The standard InChI is InChI=1S/C14H13Cl2NO2S/c1-9(14(18)17-8-10-4-3-7-19-10)20-13-11(15)5-2-6-12(13)16/h2-7,9H,8H2,1H3,(H,17,18)/t9-/m0/s1. The number of benzene rings is 1. The number of furan rings is 1. The summed E-state index contributed by atoms with van der Waals surface area (Å²) in [5, 5.41) is 3.60. The fourth-order valence-corrected chi connectivity index (χ4v) is 3.13. The van der Waals surface area contributed by atoms with Gasteiger partial charge in [-0.25, -0.2) is 0 Å². The fourth-order valence-electron chi connectivity index (χ4n) is 1.56. The maximum atomic E-state index is 12.0. The topological polar surface area (TPSA) is 42.2 Å². The summed E-state index contributed by atoms with van der Waals surface area (Å²) < 4.78 is 5.16. The average molecular weight is 330 g/mol. The molecule has 1 aromatic carbocycles. The van der Waals surface area contributed by atoms with E-state index in [1.807, 2.05) is 13.0 Å². The Morgan fingerprint density at radius 3 is 2.60 bits per heavy atom. The van der Waals surface area contributed by atoms with Crippen molar-refractivity contribution < 1.29 is 9.21 Å². The maximum Gasteiger partial charge on any atom is 0.233 e. The van der Waals surface area contributed by atoms with Crippen molar-refractivity contribution in [2.75, 3.05) is 0 Å². The number of hydrogen-bond donors (Lipinski definition) is 1. The summed E-state index contributed by atoms with van der Waals surface area (Å²) in [6.07, 6.45) is 1.57. The SMILES string of the molecule is C[C@H](Sc1c(Cl)cccc1Cl)C(=O)NCc1ccco1. The number of halogens is 2. The summed E-state index contributed by atoms with van der Waals surface area (Å²) in [4.78, 5) is 12.7. The van der Waals surface area contributed by atoms with Crippen LogP contribution in [0.25, 0.3) is 0 Å². The first-order valence-corrected chi connectivity index (χ1v) is 7.62. The van der Waals surface area contributed by atoms with Gasteiger partial charge in [0.25, 0.3) is 0 Å². The van der Waals surface area contributed by atoms with Gasteiger partial charge in [0.05, 0.1) is 28.1 Å². The minimum absolute atomic E-state index is 0.0950. The van der Waals surface area contributed by atoms with Crippen LogP contribution in [-0.4, -0.2) is 11.2 Å². The van der Waals surface area contributed by atoms with E-state index in [9.17, 15) is 4.79 Å². The second-order valence-electron chi connectivity index (χ2n) is 4.11. The third-order valence-corrected chi connectivity index (χ3v) is 4.70. The van der Waals surface area contributed by atoms with E-state index in [0.717, 1.165) is 4.90 Å². The molecule has 1 N–H and O–H groups in total. The summed E-state index contributed by atoms with van der Waals surface area (Å²) in [5.74, 6) is 0.619. The molecule has 0 aliphatic carbocycles. The number of carbonyl (C=O) groups excluding carboxylic acids is 1. The summed E-state index contributed by atoms with van der Waals surface area (Å²) in [5.41, 5.74) is 0. The molecule has 0 radical (unpaired) electrons. The molecule has 0 bridgehead atoms. The highest BCUT2D eigenvalue weighted by molar-refractivity contribution is 8.00. The van der Waals surface area contributed by atoms with E-state index < -0.39 is 0 Å². The van der Waals surface area contributed by atoms with Gasteiger partial charge in [0.15, 0.2) is 0 Å². The van der Waals surface area contributed by atoms with E-state index in [-0.39, 0.29) is 11.2 Å². The van der Waals surface area contributed by atoms with Gasteiger partial charge in [0.2, 0.25) is 5.91 Å². The summed E-state index contributed by atoms with van der Waals surface area (Å²) >= 11 is 13.5. The molecule has 1 aromatic heterocycles. The van der Waals surface area contributed by atoms with Crippen LogP contribution in [-0.2, 0) is 11.3 Å². The van der Waals surface area contributed by atoms with Crippen molar-refractivity contribution in [3.8, 4) is 0 Å². The maximum absolute atomic E-state index is 12.0. The van der Waals surface area contributed by atoms with Gasteiger partial charge in [-0.05, 0) is 31.2 Å². The Morgan fingerprint density at radius 2 is 2.00 bits per heavy atom. The zero-order valence-corrected chi connectivity index (χ0v) is 13.1. The quantitative estimate of drug-likeness (QED) is 0.827. The van der Waals surface area contributed by atoms with Gasteiger partial charge in [0, 0.05) is 4.90 Å². The molecule has 0 aliphatic rings. The number of thioether (sulfide) groups is 1. The van der Waals surface area contributed by atoms with Crippen LogP contribution >= 0.6 is 35.0 Å². The van der Waals surface area contributed by atoms with Crippen molar-refractivity contribution in [2.24, 2.45) is 0 Å². The highest BCUT2D eigenvalue weighted by Gasteiger charge is 2.17. The third-order valence-electron chi connectivity index (χ3n) is 2.60. The van der Waals surface area contributed by atoms with Crippen LogP contribution in [0, 0.1) is 0 Å². The number of nitrogens with one attached hydrogen (secondary N) is 1. The lowest BCUT2D eigenvalue weighted by Gasteiger charge is -2.13. The second-order valence-corrected chi connectivity index (χ2v) is 6.27. The van der Waals surface area contributed by atoms with Gasteiger partial charge in [-0.2, -0.15) is 0 Å². The molecule has 2 rings (SSSR count). The van der Waals surface area contributed by atoms with Crippen LogP contribution in [0.1, 0.15) is 12.7 Å². The van der Waals surface area contributed by atoms with E-state index in [1.54, 1.807) is 30.5 Å². The Kier molecular flexibility index (Phi) is 5.40. The van der Waals surface area contributed by atoms with Crippen LogP contribution < -0.4 is 5.32 Å². The molecular weight excluding hydrogens is 317 g/mol. The first kappa shape index (κ1) is 15.3. The summed E-state index contributed by atoms with van der Waals surface area (Å²) in [7, 11) is 0. The van der Waals surface area contributed by atoms with Crippen LogP contribution in [0.3, 0.4) is 0 Å². The smallest absolute Gasteiger partial charge is 0.233 e. The van der Waals surface area contributed by atoms with Crippen LogP contribution in [0.15, 0.2) is 45.9 Å². The van der Waals surface area contributed by atoms with Gasteiger partial charge in [-0.3, -0.25) is 4.79 Å². The molecule has 0 saturated carbocycles. The highest BCUT2D eigenvalue weighted by atomic mass is 35.5. The molecule has 0 saturated heterocycles. The molecule has 0 spiro atoms. The lowest BCUT2D eigenvalue weighted by molar-refractivity contribution is -0.120. The van der Waals surface area contributed by atoms with Crippen molar-refractivity contribution in [3.63, 3.8) is 0 Å². The minimum atomic E-state index is -0.303. The molecule has 3 nitrogen and oxygen atoms in total. The number of amides is 1. The van der Waals surface area contributed by atoms with Crippen molar-refractivity contribution in [2.45, 2.75) is 23.6 Å². The van der Waals surface area contributed by atoms with Crippen molar-refractivity contribution in [3.05, 3.63) is 52.4 Å². The van der Waals surface area contributed by atoms with Crippen LogP contribution in [0.5, 0.6) is 0 Å². The predicted octanol–water partition coefficient (Wildman–Crippen LogP) is 4.38. The normalized spacial score (nSPS) is 12.2. The Balaban J connectivity index is 1.94. The van der Waals surface area contributed by atoms with E-state index >= 15 is 0 Å². The van der Waals surface area contributed by atoms with Gasteiger partial charge in [-0.1, -0.05) is 29.3 Å². The van der Waals surface area contributed by atoms with E-state index in [2.05, 4.69) is 5.32 Å². The van der Waals surface area contributed by atoms with Crippen molar-refractivity contribution >= 4 is 40.9 Å². The molecule has 1 atom stereocenters. The van der Waals surface area contributed by atoms with E-state index in [0.29, 0.717) is 22.4 Å². The molecule has 6 heteroatoms. The van der Waals surface area contributed by atoms with Gasteiger partial charge in [-0.15, -0.1) is 11.8 Å². The van der Waals surface area contributed by atoms with E-state index in [1.165, 1.54) is 11.8 Å². The number of hydrogen-bond acceptors (Lipinski definition) is 3. The lowest BCUT2D eigenvalue weighted by atomic mass is 10.4. The summed E-state index contributed by atoms with van der Waals surface area (Å²) in [6.45, 7) is 2.18. The monoisotopic (exact) mass is 329 g/mol. The Hall–Kier alpha value is -1.10. The molecule has 2 aromatic rings. The second kappa shape index (κ2) is 7.07. The predicted molar refractivity (Wildman–Crippen MR) is 82.3 cm³/mol. The Morgan fingerprint density at radius 1 is 1.30 bits per heavy atom. The third kappa shape index (κ3) is 3.95. The van der Waals surface area contributed by atoms with Crippen molar-refractivity contribution in [1.82, 2.24) is 5.32 Å². The Bertz CT molecular complexity index is 567. The molecular formula is C14H13Cl2NO2S. The Labute approximate surface area is 131 Å². The van der Waals surface area contributed by atoms with Crippen LogP contribution in [0.4, 0.5) is 0 Å². The zero-order valence-electron chi connectivity index (χ0n) is 10.7. The van der Waals surface area contributed by atoms with Gasteiger partial charge < -0.3 is 9.73 Å². The molecule has 20 heavy (non-hydrogen) atoms. The summed E-state index contributed by atoms with van der Waals surface area (Å²) in [6, 6.07) is 8.87. The van der Waals surface area contributed by atoms with Gasteiger partial charge >= 0.3 is 0 Å². The minimum Gasteiger partial charge on any atom is -0.467 e. The molecule has 106 valence electrons. The zero-order chi connectivity index (χ0) is 14.5. The van der Waals surface area contributed by atoms with Crippen molar-refractivity contribution in [1.29, 1.82) is 0 Å². The lowest BCUT2D eigenvalue weighted by Crippen LogP contribution is -2.30. The molecule has 0 aliphatic heterocycles. The first-order valence-electron chi connectivity index (χ1n) is 5.98. The average Bonchev–Trinajstić information content (AvgIpc) is 2.93. The van der Waals surface area contributed by atoms with Gasteiger partial charge in [0.1, 0.15) is 5.76 Å². The van der Waals surface area contributed by atoms with Crippen LogP contribution in [0.2, 0.25) is 10.0 Å². The van der Waals surface area contributed by atoms with E-state index in [4.69, 9.17) is 27.6 Å². The largest absolute Gasteiger partial charge is 0.467 e. The molecule has 0 fully saturated rings. The first-order chi connectivity index (χ1) is 9.58. The molecule has 1 amide bonds.